The number of hydrogen-bond acceptors (Lipinski definition) is 2. The Balaban J connectivity index is 1.84. The van der Waals surface area contributed by atoms with Crippen LogP contribution in [0.4, 0.5) is 0 Å². The number of nitrogens with one attached hydrogen (secondary N) is 1. The standard InChI is InChI=1S/C18H25NO/c1-12-6-7-14(10-13(12)2)18(20)17-5-3-4-15-11-19-9-8-16(15)17/h3-5,12-14,19H,6-11H2,1-2H3. The van der Waals surface area contributed by atoms with Crippen molar-refractivity contribution in [3.05, 3.63) is 34.9 Å². The summed E-state index contributed by atoms with van der Waals surface area (Å²) in [6.45, 7) is 6.53. The fourth-order valence-electron chi connectivity index (χ4n) is 3.77. The van der Waals surface area contributed by atoms with E-state index in [1.807, 2.05) is 6.07 Å². The van der Waals surface area contributed by atoms with Crippen LogP contribution in [-0.4, -0.2) is 12.3 Å². The molecule has 2 heteroatoms. The molecule has 3 rings (SSSR count). The fourth-order valence-corrected chi connectivity index (χ4v) is 3.77. The van der Waals surface area contributed by atoms with Gasteiger partial charge in [-0.05, 0) is 55.2 Å². The van der Waals surface area contributed by atoms with E-state index in [0.717, 1.165) is 43.8 Å². The molecule has 0 spiro atoms. The first-order valence-corrected chi connectivity index (χ1v) is 8.02. The molecule has 1 aliphatic heterocycles. The second-order valence-corrected chi connectivity index (χ2v) is 6.70. The lowest BCUT2D eigenvalue weighted by Gasteiger charge is -2.32. The molecule has 20 heavy (non-hydrogen) atoms. The number of benzene rings is 1. The van der Waals surface area contributed by atoms with Crippen molar-refractivity contribution < 1.29 is 4.79 Å². The van der Waals surface area contributed by atoms with Crippen molar-refractivity contribution in [3.8, 4) is 0 Å². The molecule has 1 N–H and O–H groups in total. The first-order chi connectivity index (χ1) is 9.66. The van der Waals surface area contributed by atoms with Gasteiger partial charge in [0.15, 0.2) is 5.78 Å². The summed E-state index contributed by atoms with van der Waals surface area (Å²) >= 11 is 0. The van der Waals surface area contributed by atoms with Crippen molar-refractivity contribution in [1.82, 2.24) is 5.32 Å². The normalized spacial score (nSPS) is 29.8. The van der Waals surface area contributed by atoms with Gasteiger partial charge < -0.3 is 5.32 Å². The summed E-state index contributed by atoms with van der Waals surface area (Å²) in [4.78, 5) is 12.9. The molecule has 1 saturated carbocycles. The molecule has 0 saturated heterocycles. The molecule has 1 aromatic carbocycles. The number of Topliss-reactive ketones (excluding diaryl/α,β-unsaturated/α-hetero) is 1. The third-order valence-electron chi connectivity index (χ3n) is 5.37. The predicted octanol–water partition coefficient (Wildman–Crippen LogP) is 3.59. The Morgan fingerprint density at radius 3 is 2.85 bits per heavy atom. The molecule has 3 unspecified atom stereocenters. The molecule has 2 aliphatic rings. The molecule has 0 amide bonds. The van der Waals surface area contributed by atoms with Crippen molar-refractivity contribution in [2.24, 2.45) is 17.8 Å². The molecule has 1 fully saturated rings. The number of fused-ring (bicyclic) bond motifs is 1. The highest BCUT2D eigenvalue weighted by Gasteiger charge is 2.31. The highest BCUT2D eigenvalue weighted by Crippen LogP contribution is 2.36. The van der Waals surface area contributed by atoms with E-state index in [1.165, 1.54) is 17.5 Å². The van der Waals surface area contributed by atoms with E-state index in [9.17, 15) is 4.79 Å². The number of carbonyl (C=O) groups excluding carboxylic acids is 1. The Labute approximate surface area is 122 Å². The first kappa shape index (κ1) is 13.8. The van der Waals surface area contributed by atoms with Gasteiger partial charge in [0.25, 0.3) is 0 Å². The van der Waals surface area contributed by atoms with E-state index < -0.39 is 0 Å². The number of rotatable bonds is 2. The Morgan fingerprint density at radius 1 is 1.20 bits per heavy atom. The van der Waals surface area contributed by atoms with Gasteiger partial charge in [-0.25, -0.2) is 0 Å². The Morgan fingerprint density at radius 2 is 2.05 bits per heavy atom. The summed E-state index contributed by atoms with van der Waals surface area (Å²) in [6.07, 6.45) is 4.35. The van der Waals surface area contributed by atoms with E-state index in [0.29, 0.717) is 11.7 Å². The number of hydrogen-bond donors (Lipinski definition) is 1. The van der Waals surface area contributed by atoms with Gasteiger partial charge in [0.1, 0.15) is 0 Å². The summed E-state index contributed by atoms with van der Waals surface area (Å²) in [5.74, 6) is 2.11. The average Bonchev–Trinajstić information content (AvgIpc) is 2.49. The van der Waals surface area contributed by atoms with Crippen LogP contribution in [-0.2, 0) is 13.0 Å². The number of ketones is 1. The summed E-state index contributed by atoms with van der Waals surface area (Å²) < 4.78 is 0. The zero-order chi connectivity index (χ0) is 14.1. The molecule has 1 heterocycles. The van der Waals surface area contributed by atoms with Gasteiger partial charge in [-0.1, -0.05) is 32.0 Å². The minimum absolute atomic E-state index is 0.252. The quantitative estimate of drug-likeness (QED) is 0.833. The van der Waals surface area contributed by atoms with Crippen molar-refractivity contribution in [1.29, 1.82) is 0 Å². The largest absolute Gasteiger partial charge is 0.312 e. The fraction of sp³-hybridized carbons (Fsp3) is 0.611. The smallest absolute Gasteiger partial charge is 0.166 e. The lowest BCUT2D eigenvalue weighted by molar-refractivity contribution is 0.0836. The maximum atomic E-state index is 12.9. The molecule has 0 aromatic heterocycles. The van der Waals surface area contributed by atoms with Crippen molar-refractivity contribution in [2.75, 3.05) is 6.54 Å². The highest BCUT2D eigenvalue weighted by molar-refractivity contribution is 5.99. The van der Waals surface area contributed by atoms with E-state index in [-0.39, 0.29) is 5.92 Å². The lowest BCUT2D eigenvalue weighted by Crippen LogP contribution is -2.29. The molecule has 3 atom stereocenters. The molecule has 2 nitrogen and oxygen atoms in total. The van der Waals surface area contributed by atoms with E-state index in [1.54, 1.807) is 0 Å². The molecule has 1 aliphatic carbocycles. The minimum Gasteiger partial charge on any atom is -0.312 e. The van der Waals surface area contributed by atoms with Crippen LogP contribution in [0.1, 0.15) is 54.6 Å². The SMILES string of the molecule is CC1CCC(C(=O)c2cccc3c2CCNC3)CC1C. The van der Waals surface area contributed by atoms with Crippen LogP contribution in [0, 0.1) is 17.8 Å². The first-order valence-electron chi connectivity index (χ1n) is 8.02. The summed E-state index contributed by atoms with van der Waals surface area (Å²) in [6, 6.07) is 6.26. The van der Waals surface area contributed by atoms with Gasteiger partial charge >= 0.3 is 0 Å². The van der Waals surface area contributed by atoms with Crippen LogP contribution in [0.2, 0.25) is 0 Å². The van der Waals surface area contributed by atoms with Crippen LogP contribution in [0.15, 0.2) is 18.2 Å². The summed E-state index contributed by atoms with van der Waals surface area (Å²) in [7, 11) is 0. The van der Waals surface area contributed by atoms with Gasteiger partial charge in [-0.3, -0.25) is 4.79 Å². The van der Waals surface area contributed by atoms with Gasteiger partial charge in [0.05, 0.1) is 0 Å². The third-order valence-corrected chi connectivity index (χ3v) is 5.37. The van der Waals surface area contributed by atoms with Gasteiger partial charge in [0, 0.05) is 18.0 Å². The zero-order valence-corrected chi connectivity index (χ0v) is 12.6. The number of carbonyl (C=O) groups is 1. The Hall–Kier alpha value is -1.15. The lowest BCUT2D eigenvalue weighted by atomic mass is 9.73. The highest BCUT2D eigenvalue weighted by atomic mass is 16.1. The van der Waals surface area contributed by atoms with Crippen LogP contribution in [0.5, 0.6) is 0 Å². The van der Waals surface area contributed by atoms with E-state index >= 15 is 0 Å². The van der Waals surface area contributed by atoms with Crippen LogP contribution in [0.25, 0.3) is 0 Å². The molecule has 1 aromatic rings. The molecule has 0 radical (unpaired) electrons. The van der Waals surface area contributed by atoms with E-state index in [2.05, 4.69) is 31.3 Å². The maximum absolute atomic E-state index is 12.9. The third kappa shape index (κ3) is 2.54. The zero-order valence-electron chi connectivity index (χ0n) is 12.6. The van der Waals surface area contributed by atoms with Gasteiger partial charge in [0.2, 0.25) is 0 Å². The average molecular weight is 271 g/mol. The topological polar surface area (TPSA) is 29.1 Å². The second kappa shape index (κ2) is 5.69. The molecule has 0 bridgehead atoms. The van der Waals surface area contributed by atoms with Gasteiger partial charge in [-0.2, -0.15) is 0 Å². The molecular formula is C18H25NO. The molecular weight excluding hydrogens is 246 g/mol. The van der Waals surface area contributed by atoms with Gasteiger partial charge in [-0.15, -0.1) is 0 Å². The van der Waals surface area contributed by atoms with Crippen LogP contribution in [0.3, 0.4) is 0 Å². The van der Waals surface area contributed by atoms with Crippen molar-refractivity contribution >= 4 is 5.78 Å². The van der Waals surface area contributed by atoms with Crippen molar-refractivity contribution in [3.63, 3.8) is 0 Å². The van der Waals surface area contributed by atoms with Crippen molar-refractivity contribution in [2.45, 2.75) is 46.1 Å². The predicted molar refractivity (Wildman–Crippen MR) is 81.9 cm³/mol. The summed E-state index contributed by atoms with van der Waals surface area (Å²) in [5.41, 5.74) is 3.64. The second-order valence-electron chi connectivity index (χ2n) is 6.70. The summed E-state index contributed by atoms with van der Waals surface area (Å²) in [5, 5.41) is 3.39. The monoisotopic (exact) mass is 271 g/mol. The molecule has 108 valence electrons. The van der Waals surface area contributed by atoms with E-state index in [4.69, 9.17) is 0 Å². The Kier molecular flexibility index (Phi) is 3.93. The maximum Gasteiger partial charge on any atom is 0.166 e. The minimum atomic E-state index is 0.252. The van der Waals surface area contributed by atoms with Crippen LogP contribution < -0.4 is 5.32 Å². The Bertz CT molecular complexity index is 508. The van der Waals surface area contributed by atoms with Crippen LogP contribution >= 0.6 is 0 Å².